The Morgan fingerprint density at radius 2 is 1.80 bits per heavy atom. The molecule has 45 heavy (non-hydrogen) atoms. The van der Waals surface area contributed by atoms with Crippen molar-refractivity contribution in [2.24, 2.45) is 0 Å². The summed E-state index contributed by atoms with van der Waals surface area (Å²) in [6.45, 7) is 3.11. The van der Waals surface area contributed by atoms with Crippen molar-refractivity contribution in [1.82, 2.24) is 13.8 Å². The van der Waals surface area contributed by atoms with Gasteiger partial charge in [0.25, 0.3) is 10.0 Å². The van der Waals surface area contributed by atoms with E-state index in [9.17, 15) is 12.8 Å². The lowest BCUT2D eigenvalue weighted by Crippen LogP contribution is -2.42. The molecule has 2 unspecified atom stereocenters. The van der Waals surface area contributed by atoms with E-state index in [4.69, 9.17) is 4.74 Å². The smallest absolute Gasteiger partial charge is 0.251 e. The van der Waals surface area contributed by atoms with Crippen LogP contribution in [-0.2, 0) is 10.0 Å². The molecular formula is C33H27BrF3N3O3S2. The number of halogens is 4. The van der Waals surface area contributed by atoms with E-state index < -0.39 is 38.3 Å². The van der Waals surface area contributed by atoms with Crippen molar-refractivity contribution in [3.63, 3.8) is 0 Å². The molecule has 0 fully saturated rings. The largest absolute Gasteiger partial charge is 0.453 e. The highest BCUT2D eigenvalue weighted by molar-refractivity contribution is 9.10. The predicted octanol–water partition coefficient (Wildman–Crippen LogP) is 9.00. The van der Waals surface area contributed by atoms with Crippen LogP contribution in [0.1, 0.15) is 31.9 Å². The Bertz CT molecular complexity index is 2120. The minimum absolute atomic E-state index is 0.0776. The Kier molecular flexibility index (Phi) is 8.25. The van der Waals surface area contributed by atoms with Crippen molar-refractivity contribution >= 4 is 48.6 Å². The third-order valence-electron chi connectivity index (χ3n) is 8.05. The molecule has 2 aromatic heterocycles. The molecule has 12 heteroatoms. The Hall–Kier alpha value is -3.74. The van der Waals surface area contributed by atoms with Crippen LogP contribution < -0.4 is 4.74 Å². The van der Waals surface area contributed by atoms with E-state index in [0.717, 1.165) is 3.97 Å². The summed E-state index contributed by atoms with van der Waals surface area (Å²) in [6, 6.07) is 18.6. The zero-order valence-electron chi connectivity index (χ0n) is 24.3. The average molecular weight is 715 g/mol. The van der Waals surface area contributed by atoms with E-state index in [2.05, 4.69) is 21.0 Å². The van der Waals surface area contributed by atoms with E-state index in [0.29, 0.717) is 25.8 Å². The quantitative estimate of drug-likeness (QED) is 0.161. The van der Waals surface area contributed by atoms with Crippen LogP contribution in [0.15, 0.2) is 112 Å². The lowest BCUT2D eigenvalue weighted by atomic mass is 9.99. The molecule has 0 amide bonds. The fraction of sp³-hybridized carbons (Fsp3) is 0.182. The molecule has 6 nitrogen and oxygen atoms in total. The number of hydrogen-bond donors (Lipinski definition) is 0. The molecule has 232 valence electrons. The molecule has 3 aromatic carbocycles. The molecule has 6 rings (SSSR count). The maximum atomic E-state index is 16.5. The maximum Gasteiger partial charge on any atom is 0.251 e. The van der Waals surface area contributed by atoms with Crippen molar-refractivity contribution in [3.8, 4) is 17.0 Å². The van der Waals surface area contributed by atoms with E-state index >= 15 is 8.78 Å². The molecule has 0 bridgehead atoms. The van der Waals surface area contributed by atoms with E-state index in [1.165, 1.54) is 47.8 Å². The fourth-order valence-electron chi connectivity index (χ4n) is 5.36. The van der Waals surface area contributed by atoms with Gasteiger partial charge in [-0.2, -0.15) is 5.10 Å². The highest BCUT2D eigenvalue weighted by Crippen LogP contribution is 2.45. The average Bonchev–Trinajstić information content (AvgIpc) is 3.70. The van der Waals surface area contributed by atoms with E-state index in [-0.39, 0.29) is 29.2 Å². The molecule has 2 heterocycles. The van der Waals surface area contributed by atoms with Crippen LogP contribution >= 0.6 is 27.7 Å². The minimum Gasteiger partial charge on any atom is -0.453 e. The van der Waals surface area contributed by atoms with Crippen LogP contribution in [0.2, 0.25) is 0 Å². The first-order valence-electron chi connectivity index (χ1n) is 13.9. The second kappa shape index (κ2) is 11.9. The fourth-order valence-corrected chi connectivity index (χ4v) is 8.00. The van der Waals surface area contributed by atoms with E-state index in [1.807, 2.05) is 0 Å². The summed E-state index contributed by atoms with van der Waals surface area (Å²) in [5.41, 5.74) is 1.17. The summed E-state index contributed by atoms with van der Waals surface area (Å²) in [6.07, 6.45) is 6.30. The van der Waals surface area contributed by atoms with Gasteiger partial charge < -0.3 is 4.74 Å². The maximum absolute atomic E-state index is 16.5. The summed E-state index contributed by atoms with van der Waals surface area (Å²) < 4.78 is 81.3. The normalized spacial score (nSPS) is 17.9. The number of thioether (sulfide) groups is 1. The molecule has 1 aliphatic rings. The van der Waals surface area contributed by atoms with E-state index in [1.54, 1.807) is 80.0 Å². The van der Waals surface area contributed by atoms with Gasteiger partial charge in [0, 0.05) is 33.8 Å². The van der Waals surface area contributed by atoms with Crippen molar-refractivity contribution in [3.05, 3.63) is 129 Å². The van der Waals surface area contributed by atoms with Crippen molar-refractivity contribution < 1.29 is 26.3 Å². The summed E-state index contributed by atoms with van der Waals surface area (Å²) in [4.78, 5) is 0.414. The number of allylic oxidation sites excluding steroid dienone is 1. The SMILES string of the molecule is CSC1=CCC(C)(S(=O)(=O)n2ccc3ccccc32)C(F)=C1Oc1ccc(F)c(-c2ccn(C(C)c3cccc(Br)c3F)n2)c1. The third kappa shape index (κ3) is 5.32. The monoisotopic (exact) mass is 713 g/mol. The first-order chi connectivity index (χ1) is 21.5. The van der Waals surface area contributed by atoms with Gasteiger partial charge in [0.1, 0.15) is 22.1 Å². The lowest BCUT2D eigenvalue weighted by Gasteiger charge is -2.32. The highest BCUT2D eigenvalue weighted by atomic mass is 79.9. The summed E-state index contributed by atoms with van der Waals surface area (Å²) in [7, 11) is -4.30. The van der Waals surface area contributed by atoms with Crippen LogP contribution in [0.5, 0.6) is 5.75 Å². The number of fused-ring (bicyclic) bond motifs is 1. The van der Waals surface area contributed by atoms with Gasteiger partial charge in [0.15, 0.2) is 11.6 Å². The standard InChI is InChI=1S/C33H27BrF3N3O3S2/c1-20(23-8-6-9-25(34)30(23)36)39-17-15-27(38-39)24-19-22(11-12-26(24)35)43-31-29(44-3)13-16-33(2,32(31)37)45(41,42)40-18-14-21-7-4-5-10-28(21)40/h4-15,17-20H,16H2,1-3H3. The van der Waals surface area contributed by atoms with Gasteiger partial charge in [-0.25, -0.2) is 25.6 Å². The number of ether oxygens (including phenoxy) is 1. The summed E-state index contributed by atoms with van der Waals surface area (Å²) in [5.74, 6) is -2.13. The number of aromatic nitrogens is 3. The topological polar surface area (TPSA) is 66.1 Å². The van der Waals surface area contributed by atoms with Gasteiger partial charge >= 0.3 is 0 Å². The van der Waals surface area contributed by atoms with Gasteiger partial charge in [-0.1, -0.05) is 36.4 Å². The van der Waals surface area contributed by atoms with Crippen LogP contribution in [0.4, 0.5) is 13.2 Å². The van der Waals surface area contributed by atoms with Crippen LogP contribution in [-0.4, -0.2) is 33.2 Å². The lowest BCUT2D eigenvalue weighted by molar-refractivity contribution is 0.374. The molecule has 0 spiro atoms. The van der Waals surface area contributed by atoms with Gasteiger partial charge in [-0.3, -0.25) is 4.68 Å². The number of para-hydroxylation sites is 1. The molecule has 0 saturated heterocycles. The number of benzene rings is 3. The molecule has 5 aromatic rings. The number of rotatable bonds is 8. The summed E-state index contributed by atoms with van der Waals surface area (Å²) >= 11 is 4.41. The molecule has 2 atom stereocenters. The Balaban J connectivity index is 1.35. The van der Waals surface area contributed by atoms with Gasteiger partial charge in [-0.15, -0.1) is 11.8 Å². The van der Waals surface area contributed by atoms with Crippen molar-refractivity contribution in [2.45, 2.75) is 31.1 Å². The Morgan fingerprint density at radius 3 is 2.58 bits per heavy atom. The predicted molar refractivity (Wildman–Crippen MR) is 175 cm³/mol. The van der Waals surface area contributed by atoms with Crippen molar-refractivity contribution in [1.29, 1.82) is 0 Å². The van der Waals surface area contributed by atoms with Gasteiger partial charge in [0.05, 0.1) is 21.7 Å². The third-order valence-corrected chi connectivity index (χ3v) is 11.8. The molecule has 0 saturated carbocycles. The second-order valence-electron chi connectivity index (χ2n) is 10.8. The number of nitrogens with zero attached hydrogens (tertiary/aromatic N) is 3. The molecular weight excluding hydrogens is 687 g/mol. The first-order valence-corrected chi connectivity index (χ1v) is 17.3. The minimum atomic E-state index is -4.30. The van der Waals surface area contributed by atoms with Crippen LogP contribution in [0, 0.1) is 11.6 Å². The molecule has 0 N–H and O–H groups in total. The Labute approximate surface area is 271 Å². The van der Waals surface area contributed by atoms with Crippen molar-refractivity contribution in [2.75, 3.05) is 6.26 Å². The van der Waals surface area contributed by atoms with Gasteiger partial charge in [-0.05, 0) is 84.9 Å². The zero-order chi connectivity index (χ0) is 32.1. The first kappa shape index (κ1) is 31.3. The van der Waals surface area contributed by atoms with Crippen LogP contribution in [0.25, 0.3) is 22.2 Å². The van der Waals surface area contributed by atoms with Gasteiger partial charge in [0.2, 0.25) is 0 Å². The second-order valence-corrected chi connectivity index (χ2v) is 14.7. The Morgan fingerprint density at radius 1 is 1.02 bits per heavy atom. The molecule has 0 radical (unpaired) electrons. The molecule has 0 aliphatic heterocycles. The highest BCUT2D eigenvalue weighted by Gasteiger charge is 2.49. The van der Waals surface area contributed by atoms with Crippen LogP contribution in [0.3, 0.4) is 0 Å². The molecule has 1 aliphatic carbocycles. The zero-order valence-corrected chi connectivity index (χ0v) is 27.6. The summed E-state index contributed by atoms with van der Waals surface area (Å²) in [5, 5.41) is 5.19. The number of hydrogen-bond acceptors (Lipinski definition) is 5.